The minimum atomic E-state index is -0.351. The average molecular weight is 455 g/mol. The Balaban J connectivity index is 1.51. The van der Waals surface area contributed by atoms with E-state index in [0.29, 0.717) is 22.8 Å². The van der Waals surface area contributed by atoms with Crippen molar-refractivity contribution in [1.29, 1.82) is 0 Å². The van der Waals surface area contributed by atoms with E-state index in [4.69, 9.17) is 9.47 Å². The highest BCUT2D eigenvalue weighted by molar-refractivity contribution is 6.36. The molecule has 3 aromatic carbocycles. The molecule has 0 atom stereocenters. The van der Waals surface area contributed by atoms with Crippen LogP contribution in [0.1, 0.15) is 34.7 Å². The number of anilines is 1. The van der Waals surface area contributed by atoms with E-state index in [1.54, 1.807) is 6.07 Å². The summed E-state index contributed by atoms with van der Waals surface area (Å²) in [5.74, 6) is 0.608. The molecule has 1 N–H and O–H groups in total. The van der Waals surface area contributed by atoms with Crippen molar-refractivity contribution in [2.75, 3.05) is 12.1 Å². The van der Waals surface area contributed by atoms with Crippen molar-refractivity contribution >= 4 is 23.1 Å². The van der Waals surface area contributed by atoms with Crippen molar-refractivity contribution < 1.29 is 19.1 Å². The number of hydrogen-bond donors (Lipinski definition) is 1. The lowest BCUT2D eigenvalue weighted by Crippen LogP contribution is -2.32. The summed E-state index contributed by atoms with van der Waals surface area (Å²) in [5.41, 5.74) is 6.34. The summed E-state index contributed by atoms with van der Waals surface area (Å²) in [4.78, 5) is 28.4. The molecule has 2 aliphatic rings. The van der Waals surface area contributed by atoms with Crippen LogP contribution in [0.4, 0.5) is 5.69 Å². The summed E-state index contributed by atoms with van der Waals surface area (Å²) in [6.45, 7) is 6.43. The Bertz CT molecular complexity index is 1320. The van der Waals surface area contributed by atoms with Gasteiger partial charge in [0.2, 0.25) is 6.79 Å². The molecule has 6 nitrogen and oxygen atoms in total. The van der Waals surface area contributed by atoms with Crippen molar-refractivity contribution in [3.05, 3.63) is 94.2 Å². The van der Waals surface area contributed by atoms with E-state index < -0.39 is 0 Å². The number of nitrogens with one attached hydrogen (secondary N) is 1. The number of ether oxygens (including phenoxy) is 2. The highest BCUT2D eigenvalue weighted by Crippen LogP contribution is 2.35. The van der Waals surface area contributed by atoms with E-state index in [0.717, 1.165) is 34.4 Å². The first-order valence-corrected chi connectivity index (χ1v) is 11.4. The number of carbonyl (C=O) groups is 2. The quantitative estimate of drug-likeness (QED) is 0.532. The number of aryl methyl sites for hydroxylation is 3. The van der Waals surface area contributed by atoms with E-state index in [2.05, 4.69) is 12.2 Å². The number of hydrogen-bond acceptors (Lipinski definition) is 5. The molecule has 0 bridgehead atoms. The molecular formula is C28H26N2O4. The molecule has 2 heterocycles. The summed E-state index contributed by atoms with van der Waals surface area (Å²) < 4.78 is 10.8. The predicted molar refractivity (Wildman–Crippen MR) is 130 cm³/mol. The van der Waals surface area contributed by atoms with Gasteiger partial charge in [0.15, 0.2) is 11.5 Å². The zero-order valence-corrected chi connectivity index (χ0v) is 19.5. The first kappa shape index (κ1) is 21.8. The van der Waals surface area contributed by atoms with Gasteiger partial charge in [-0.1, -0.05) is 43.3 Å². The van der Waals surface area contributed by atoms with E-state index in [1.165, 1.54) is 10.5 Å². The lowest BCUT2D eigenvalue weighted by molar-refractivity contribution is -0.137. The summed E-state index contributed by atoms with van der Waals surface area (Å²) in [6, 6.07) is 19.2. The normalized spacial score (nSPS) is 14.9. The first-order chi connectivity index (χ1) is 16.4. The molecule has 3 aromatic rings. The SMILES string of the molecule is CCc1ccc(NC2=C(c3ccc(C)c(C)c3)C(=O)N(Cc3ccc4c(c3)OCO4)C2=O)cc1. The molecule has 0 aromatic heterocycles. The van der Waals surface area contributed by atoms with Gasteiger partial charge in [-0.3, -0.25) is 14.5 Å². The van der Waals surface area contributed by atoms with Crippen molar-refractivity contribution in [3.63, 3.8) is 0 Å². The van der Waals surface area contributed by atoms with Gasteiger partial charge in [-0.2, -0.15) is 0 Å². The van der Waals surface area contributed by atoms with Gasteiger partial charge < -0.3 is 14.8 Å². The number of amides is 2. The summed E-state index contributed by atoms with van der Waals surface area (Å²) in [7, 11) is 0. The third kappa shape index (κ3) is 3.92. The number of carbonyl (C=O) groups excluding carboxylic acids is 2. The van der Waals surface area contributed by atoms with Crippen molar-refractivity contribution in [2.24, 2.45) is 0 Å². The third-order valence-electron chi connectivity index (χ3n) is 6.37. The van der Waals surface area contributed by atoms with Crippen LogP contribution in [0.15, 0.2) is 66.4 Å². The number of imide groups is 1. The molecule has 0 saturated heterocycles. The number of rotatable bonds is 6. The first-order valence-electron chi connectivity index (χ1n) is 11.4. The molecule has 0 radical (unpaired) electrons. The van der Waals surface area contributed by atoms with E-state index in [9.17, 15) is 9.59 Å². The number of nitrogens with zero attached hydrogens (tertiary/aromatic N) is 1. The third-order valence-corrected chi connectivity index (χ3v) is 6.37. The van der Waals surface area contributed by atoms with Crippen molar-refractivity contribution in [2.45, 2.75) is 33.7 Å². The van der Waals surface area contributed by atoms with Crippen LogP contribution in [0.2, 0.25) is 0 Å². The Morgan fingerprint density at radius 1 is 0.824 bits per heavy atom. The zero-order valence-electron chi connectivity index (χ0n) is 19.5. The van der Waals surface area contributed by atoms with Crippen LogP contribution in [-0.4, -0.2) is 23.5 Å². The Hall–Kier alpha value is -4.06. The maximum absolute atomic E-state index is 13.6. The molecule has 6 heteroatoms. The molecule has 2 aliphatic heterocycles. The highest BCUT2D eigenvalue weighted by Gasteiger charge is 2.39. The second-order valence-electron chi connectivity index (χ2n) is 8.61. The van der Waals surface area contributed by atoms with Gasteiger partial charge in [0, 0.05) is 5.69 Å². The van der Waals surface area contributed by atoms with Crippen LogP contribution in [0.5, 0.6) is 11.5 Å². The molecule has 0 aliphatic carbocycles. The Kier molecular flexibility index (Phi) is 5.57. The molecule has 2 amide bonds. The second-order valence-corrected chi connectivity index (χ2v) is 8.61. The predicted octanol–water partition coefficient (Wildman–Crippen LogP) is 4.99. The van der Waals surface area contributed by atoms with Crippen LogP contribution in [0.25, 0.3) is 5.57 Å². The lowest BCUT2D eigenvalue weighted by atomic mass is 9.99. The highest BCUT2D eigenvalue weighted by atomic mass is 16.7. The number of benzene rings is 3. The topological polar surface area (TPSA) is 67.9 Å². The van der Waals surface area contributed by atoms with Crippen molar-refractivity contribution in [3.8, 4) is 11.5 Å². The Morgan fingerprint density at radius 3 is 2.29 bits per heavy atom. The maximum atomic E-state index is 13.6. The average Bonchev–Trinajstić information content (AvgIpc) is 3.40. The molecule has 0 saturated carbocycles. The van der Waals surface area contributed by atoms with Crippen LogP contribution in [0.3, 0.4) is 0 Å². The van der Waals surface area contributed by atoms with E-state index >= 15 is 0 Å². The lowest BCUT2D eigenvalue weighted by Gasteiger charge is -2.16. The fourth-order valence-corrected chi connectivity index (χ4v) is 4.19. The van der Waals surface area contributed by atoms with Gasteiger partial charge in [0.05, 0.1) is 12.1 Å². The monoisotopic (exact) mass is 454 g/mol. The standard InChI is InChI=1S/C28H26N2O4/c1-4-19-6-10-22(11-7-19)29-26-25(21-9-5-17(2)18(3)13-21)27(31)30(28(26)32)15-20-8-12-23-24(14-20)34-16-33-23/h5-14,29H,4,15-16H2,1-3H3. The van der Waals surface area contributed by atoms with Gasteiger partial charge >= 0.3 is 0 Å². The van der Waals surface area contributed by atoms with Crippen LogP contribution < -0.4 is 14.8 Å². The maximum Gasteiger partial charge on any atom is 0.278 e. The summed E-state index contributed by atoms with van der Waals surface area (Å²) >= 11 is 0. The molecule has 0 spiro atoms. The van der Waals surface area contributed by atoms with Gasteiger partial charge in [-0.25, -0.2) is 0 Å². The van der Waals surface area contributed by atoms with Crippen LogP contribution in [-0.2, 0) is 22.6 Å². The Morgan fingerprint density at radius 2 is 1.56 bits per heavy atom. The van der Waals surface area contributed by atoms with Crippen LogP contribution >= 0.6 is 0 Å². The largest absolute Gasteiger partial charge is 0.454 e. The smallest absolute Gasteiger partial charge is 0.278 e. The second kappa shape index (κ2) is 8.71. The minimum absolute atomic E-state index is 0.141. The van der Waals surface area contributed by atoms with E-state index in [1.807, 2.05) is 68.4 Å². The fourth-order valence-electron chi connectivity index (χ4n) is 4.19. The zero-order chi connectivity index (χ0) is 23.8. The summed E-state index contributed by atoms with van der Waals surface area (Å²) in [5, 5.41) is 3.24. The fraction of sp³-hybridized carbons (Fsp3) is 0.214. The molecule has 34 heavy (non-hydrogen) atoms. The number of fused-ring (bicyclic) bond motifs is 1. The molecule has 5 rings (SSSR count). The molecular weight excluding hydrogens is 428 g/mol. The Labute approximate surface area is 198 Å². The molecule has 172 valence electrons. The van der Waals surface area contributed by atoms with Crippen molar-refractivity contribution in [1.82, 2.24) is 4.90 Å². The molecule has 0 fully saturated rings. The minimum Gasteiger partial charge on any atom is -0.454 e. The van der Waals surface area contributed by atoms with Crippen LogP contribution in [0, 0.1) is 13.8 Å². The van der Waals surface area contributed by atoms with Gasteiger partial charge in [-0.05, 0) is 72.4 Å². The van der Waals surface area contributed by atoms with Gasteiger partial charge in [0.1, 0.15) is 5.70 Å². The molecule has 0 unspecified atom stereocenters. The summed E-state index contributed by atoms with van der Waals surface area (Å²) in [6.07, 6.45) is 0.928. The van der Waals surface area contributed by atoms with E-state index in [-0.39, 0.29) is 25.2 Å². The van der Waals surface area contributed by atoms with Gasteiger partial charge in [-0.15, -0.1) is 0 Å². The van der Waals surface area contributed by atoms with Gasteiger partial charge in [0.25, 0.3) is 11.8 Å².